The predicted octanol–water partition coefficient (Wildman–Crippen LogP) is 2.70. The molecule has 0 aliphatic rings. The highest BCUT2D eigenvalue weighted by Crippen LogP contribution is 2.29. The molecular weight excluding hydrogens is 480 g/mol. The van der Waals surface area contributed by atoms with Crippen molar-refractivity contribution < 1.29 is 9.59 Å². The van der Waals surface area contributed by atoms with Gasteiger partial charge in [-0.3, -0.25) is 9.59 Å². The van der Waals surface area contributed by atoms with Gasteiger partial charge in [-0.15, -0.1) is 26.6 Å². The number of nitrogens with one attached hydrogen (secondary N) is 2. The average Bonchev–Trinajstić information content (AvgIpc) is 3.42. The zero-order chi connectivity index (χ0) is 24.6. The van der Waals surface area contributed by atoms with Crippen molar-refractivity contribution >= 4 is 51.7 Å². The zero-order valence-electron chi connectivity index (χ0n) is 19.0. The van der Waals surface area contributed by atoms with Gasteiger partial charge in [0.15, 0.2) is 27.8 Å². The lowest BCUT2D eigenvalue weighted by atomic mass is 9.88. The van der Waals surface area contributed by atoms with Crippen molar-refractivity contribution in [3.8, 4) is 0 Å². The van der Waals surface area contributed by atoms with Crippen LogP contribution in [0.4, 0.5) is 5.82 Å². The minimum Gasteiger partial charge on any atom is -0.342 e. The normalized spacial score (nSPS) is 12.5. The van der Waals surface area contributed by atoms with Crippen molar-refractivity contribution in [2.75, 3.05) is 5.32 Å². The largest absolute Gasteiger partial charge is 0.342 e. The van der Waals surface area contributed by atoms with Crippen molar-refractivity contribution in [2.45, 2.75) is 39.2 Å². The van der Waals surface area contributed by atoms with Gasteiger partial charge in [-0.1, -0.05) is 37.6 Å². The first-order valence-corrected chi connectivity index (χ1v) is 11.4. The average molecular weight is 501 g/mol. The van der Waals surface area contributed by atoms with Crippen LogP contribution in [-0.2, 0) is 12.5 Å². The Balaban J connectivity index is 1.46. The Kier molecular flexibility index (Phi) is 6.23. The third kappa shape index (κ3) is 4.70. The molecule has 0 aromatic carbocycles. The number of aromatic nitrogens is 8. The molecule has 14 heteroatoms. The zero-order valence-corrected chi connectivity index (χ0v) is 20.6. The molecule has 0 saturated heterocycles. The summed E-state index contributed by atoms with van der Waals surface area (Å²) in [6, 6.07) is 1.22. The van der Waals surface area contributed by atoms with Gasteiger partial charge in [0, 0.05) is 12.6 Å². The highest BCUT2D eigenvalue weighted by Gasteiger charge is 2.23. The summed E-state index contributed by atoms with van der Waals surface area (Å²) in [4.78, 5) is 38.2. The number of hydrogen-bond acceptors (Lipinski definition) is 10. The fourth-order valence-electron chi connectivity index (χ4n) is 3.08. The van der Waals surface area contributed by atoms with Crippen LogP contribution in [0.25, 0.3) is 11.2 Å². The van der Waals surface area contributed by atoms with Crippen molar-refractivity contribution in [3.05, 3.63) is 44.9 Å². The molecule has 0 fully saturated rings. The minimum absolute atomic E-state index is 0.107. The van der Waals surface area contributed by atoms with E-state index in [2.05, 4.69) is 46.1 Å². The topological polar surface area (TPSA) is 153 Å². The molecule has 0 bridgehead atoms. The van der Waals surface area contributed by atoms with Gasteiger partial charge in [-0.25, -0.2) is 19.6 Å². The van der Waals surface area contributed by atoms with Crippen LogP contribution in [0, 0.1) is 0 Å². The molecule has 4 rings (SSSR count). The number of carbonyl (C=O) groups is 2. The van der Waals surface area contributed by atoms with E-state index in [0.717, 1.165) is 16.9 Å². The standard InChI is InChI=1S/C20H21ClN10O2S/c1-9(25-18(33)14-13-16(24-8-23-14)31(5)30-28-13)19-22-7-11(34-19)17(32)26-12-6-10(20(2,3)4)15(21)29-27-12/h6-9H,1-5H3,(H,25,33)(H,26,27,32). The van der Waals surface area contributed by atoms with E-state index in [4.69, 9.17) is 11.6 Å². The Labute approximate surface area is 203 Å². The van der Waals surface area contributed by atoms with Gasteiger partial charge in [0.2, 0.25) is 0 Å². The molecule has 34 heavy (non-hydrogen) atoms. The van der Waals surface area contributed by atoms with Crippen molar-refractivity contribution in [3.63, 3.8) is 0 Å². The molecule has 4 heterocycles. The lowest BCUT2D eigenvalue weighted by Gasteiger charge is -2.20. The number of fused-ring (bicyclic) bond motifs is 1. The second-order valence-corrected chi connectivity index (χ2v) is 9.92. The summed E-state index contributed by atoms with van der Waals surface area (Å²) in [5, 5.41) is 22.1. The number of rotatable bonds is 5. The SMILES string of the molecule is CC(NC(=O)c1ncnc2c1nnn2C)c1ncc(C(=O)Nc2cc(C(C)(C)C)c(Cl)nn2)s1. The molecule has 0 radical (unpaired) electrons. The number of nitrogens with zero attached hydrogens (tertiary/aromatic N) is 8. The molecule has 1 atom stereocenters. The molecular formula is C20H21ClN10O2S. The maximum atomic E-state index is 12.8. The first kappa shape index (κ1) is 23.6. The van der Waals surface area contributed by atoms with Crippen LogP contribution in [0.5, 0.6) is 0 Å². The van der Waals surface area contributed by atoms with Crippen LogP contribution in [0.2, 0.25) is 5.15 Å². The third-order valence-corrected chi connectivity index (χ3v) is 6.33. The molecule has 2 amide bonds. The number of hydrogen-bond donors (Lipinski definition) is 2. The van der Waals surface area contributed by atoms with Gasteiger partial charge in [-0.05, 0) is 18.4 Å². The highest BCUT2D eigenvalue weighted by molar-refractivity contribution is 7.13. The molecule has 4 aromatic heterocycles. The fourth-order valence-corrected chi connectivity index (χ4v) is 4.27. The molecule has 0 saturated carbocycles. The van der Waals surface area contributed by atoms with Crippen LogP contribution in [0.1, 0.15) is 64.5 Å². The van der Waals surface area contributed by atoms with E-state index < -0.39 is 17.9 Å². The van der Waals surface area contributed by atoms with E-state index in [-0.39, 0.29) is 22.1 Å². The molecule has 4 aromatic rings. The summed E-state index contributed by atoms with van der Waals surface area (Å²) in [5.41, 5.74) is 1.35. The molecule has 0 aliphatic heterocycles. The van der Waals surface area contributed by atoms with E-state index in [9.17, 15) is 9.59 Å². The summed E-state index contributed by atoms with van der Waals surface area (Å²) >= 11 is 7.30. The molecule has 2 N–H and O–H groups in total. The van der Waals surface area contributed by atoms with E-state index in [1.165, 1.54) is 17.2 Å². The Bertz CT molecular complexity index is 1390. The van der Waals surface area contributed by atoms with Crippen LogP contribution in [-0.4, -0.2) is 52.0 Å². The van der Waals surface area contributed by atoms with E-state index in [1.54, 1.807) is 20.0 Å². The number of amides is 2. The van der Waals surface area contributed by atoms with E-state index in [0.29, 0.717) is 21.0 Å². The van der Waals surface area contributed by atoms with Gasteiger partial charge in [0.25, 0.3) is 11.8 Å². The Morgan fingerprint density at radius 2 is 1.88 bits per heavy atom. The Hall–Kier alpha value is -3.58. The third-order valence-electron chi connectivity index (χ3n) is 4.87. The number of carbonyl (C=O) groups excluding carboxylic acids is 2. The van der Waals surface area contributed by atoms with Gasteiger partial charge in [0.05, 0.1) is 12.2 Å². The minimum atomic E-state index is -0.483. The fraction of sp³-hybridized carbons (Fsp3) is 0.350. The number of anilines is 1. The van der Waals surface area contributed by atoms with Crippen LogP contribution in [0.3, 0.4) is 0 Å². The first-order valence-electron chi connectivity index (χ1n) is 10.2. The van der Waals surface area contributed by atoms with E-state index in [1.807, 2.05) is 20.8 Å². The van der Waals surface area contributed by atoms with Crippen molar-refractivity contribution in [1.29, 1.82) is 0 Å². The van der Waals surface area contributed by atoms with Crippen LogP contribution >= 0.6 is 22.9 Å². The molecule has 0 aliphatic carbocycles. The van der Waals surface area contributed by atoms with Gasteiger partial charge in [-0.2, -0.15) is 0 Å². The number of halogens is 1. The van der Waals surface area contributed by atoms with Gasteiger partial charge in [0.1, 0.15) is 16.2 Å². The quantitative estimate of drug-likeness (QED) is 0.421. The van der Waals surface area contributed by atoms with Crippen molar-refractivity contribution in [2.24, 2.45) is 7.05 Å². The lowest BCUT2D eigenvalue weighted by Crippen LogP contribution is -2.27. The van der Waals surface area contributed by atoms with Crippen LogP contribution in [0.15, 0.2) is 18.6 Å². The molecule has 176 valence electrons. The Morgan fingerprint density at radius 1 is 1.12 bits per heavy atom. The van der Waals surface area contributed by atoms with E-state index >= 15 is 0 Å². The Morgan fingerprint density at radius 3 is 2.62 bits per heavy atom. The number of thiazole rings is 1. The maximum absolute atomic E-state index is 12.8. The van der Waals surface area contributed by atoms with Gasteiger partial charge >= 0.3 is 0 Å². The van der Waals surface area contributed by atoms with Crippen molar-refractivity contribution in [1.82, 2.24) is 45.5 Å². The van der Waals surface area contributed by atoms with Gasteiger partial charge < -0.3 is 10.6 Å². The summed E-state index contributed by atoms with van der Waals surface area (Å²) in [5.74, 6) is -0.559. The molecule has 0 spiro atoms. The maximum Gasteiger partial charge on any atom is 0.272 e. The summed E-state index contributed by atoms with van der Waals surface area (Å²) in [6.45, 7) is 7.73. The summed E-state index contributed by atoms with van der Waals surface area (Å²) in [7, 11) is 1.67. The van der Waals surface area contributed by atoms with Crippen LogP contribution < -0.4 is 10.6 Å². The molecule has 1 unspecified atom stereocenters. The predicted molar refractivity (Wildman–Crippen MR) is 126 cm³/mol. The molecule has 12 nitrogen and oxygen atoms in total. The summed E-state index contributed by atoms with van der Waals surface area (Å²) in [6.07, 6.45) is 2.72. The lowest BCUT2D eigenvalue weighted by molar-refractivity contribution is 0.0935. The second-order valence-electron chi connectivity index (χ2n) is 8.50. The summed E-state index contributed by atoms with van der Waals surface area (Å²) < 4.78 is 1.46. The second kappa shape index (κ2) is 8.99. The number of aryl methyl sites for hydroxylation is 1. The first-order chi connectivity index (χ1) is 16.0. The smallest absolute Gasteiger partial charge is 0.272 e. The highest BCUT2D eigenvalue weighted by atomic mass is 35.5. The monoisotopic (exact) mass is 500 g/mol.